The molecule has 1 aromatic heterocycles. The summed E-state index contributed by atoms with van der Waals surface area (Å²) >= 11 is 0. The van der Waals surface area contributed by atoms with Crippen LogP contribution in [0.5, 0.6) is 0 Å². The molecule has 1 aromatic rings. The summed E-state index contributed by atoms with van der Waals surface area (Å²) in [4.78, 5) is 13.4. The van der Waals surface area contributed by atoms with Gasteiger partial charge in [0.15, 0.2) is 0 Å². The SMILES string of the molecule is CN(C)/C=N/c1ncc(B2OC(C)(C)C(C)(C)O2)c(C(F)F)n1. The van der Waals surface area contributed by atoms with Crippen LogP contribution in [0.1, 0.15) is 39.8 Å². The molecule has 0 atom stereocenters. The van der Waals surface area contributed by atoms with Gasteiger partial charge < -0.3 is 14.2 Å². The van der Waals surface area contributed by atoms with Crippen LogP contribution >= 0.6 is 0 Å². The van der Waals surface area contributed by atoms with Gasteiger partial charge in [0, 0.05) is 25.8 Å². The summed E-state index contributed by atoms with van der Waals surface area (Å²) in [7, 11) is 2.59. The van der Waals surface area contributed by atoms with E-state index in [1.165, 1.54) is 12.5 Å². The van der Waals surface area contributed by atoms with Gasteiger partial charge in [-0.25, -0.2) is 23.7 Å². The minimum absolute atomic E-state index is 0.0331. The normalized spacial score (nSPS) is 19.8. The fourth-order valence-electron chi connectivity index (χ4n) is 1.95. The Morgan fingerprint density at radius 3 is 2.26 bits per heavy atom. The molecule has 9 heteroatoms. The first-order chi connectivity index (χ1) is 10.5. The second-order valence-electron chi connectivity index (χ2n) is 6.61. The molecule has 1 fully saturated rings. The summed E-state index contributed by atoms with van der Waals surface area (Å²) in [6.45, 7) is 7.41. The van der Waals surface area contributed by atoms with Gasteiger partial charge in [-0.1, -0.05) is 0 Å². The summed E-state index contributed by atoms with van der Waals surface area (Å²) < 4.78 is 38.4. The van der Waals surface area contributed by atoms with Crippen molar-refractivity contribution in [3.63, 3.8) is 0 Å². The lowest BCUT2D eigenvalue weighted by Crippen LogP contribution is -2.41. The minimum Gasteiger partial charge on any atom is -0.399 e. The summed E-state index contributed by atoms with van der Waals surface area (Å²) in [5.74, 6) is -0.0331. The zero-order chi connectivity index (χ0) is 17.4. The second kappa shape index (κ2) is 6.12. The van der Waals surface area contributed by atoms with Crippen molar-refractivity contribution in [2.75, 3.05) is 14.1 Å². The standard InChI is InChI=1S/C14H21BF2N4O2/c1-13(2)14(3,4)23-15(22-13)9-7-18-12(19-8-21(5)6)20-10(9)11(16)17/h7-8,11H,1-6H3/b19-8+. The number of aliphatic imine (C=N–C) groups is 1. The van der Waals surface area contributed by atoms with Gasteiger partial charge >= 0.3 is 7.12 Å². The van der Waals surface area contributed by atoms with E-state index in [2.05, 4.69) is 15.0 Å². The van der Waals surface area contributed by atoms with E-state index in [9.17, 15) is 8.78 Å². The van der Waals surface area contributed by atoms with Gasteiger partial charge in [0.05, 0.1) is 17.5 Å². The molecule has 2 heterocycles. The smallest absolute Gasteiger partial charge is 0.399 e. The van der Waals surface area contributed by atoms with Crippen molar-refractivity contribution in [3.05, 3.63) is 11.9 Å². The van der Waals surface area contributed by atoms with Crippen LogP contribution in [0.2, 0.25) is 0 Å². The molecule has 0 spiro atoms. The van der Waals surface area contributed by atoms with Gasteiger partial charge in [0.2, 0.25) is 0 Å². The minimum atomic E-state index is -2.78. The highest BCUT2D eigenvalue weighted by Gasteiger charge is 2.53. The molecule has 23 heavy (non-hydrogen) atoms. The third-order valence-corrected chi connectivity index (χ3v) is 3.95. The van der Waals surface area contributed by atoms with Crippen LogP contribution in [-0.4, -0.2) is 53.6 Å². The van der Waals surface area contributed by atoms with Crippen LogP contribution < -0.4 is 5.46 Å². The van der Waals surface area contributed by atoms with Crippen LogP contribution in [0.15, 0.2) is 11.2 Å². The van der Waals surface area contributed by atoms with E-state index < -0.39 is 30.4 Å². The average molecular weight is 326 g/mol. The van der Waals surface area contributed by atoms with Gasteiger partial charge in [-0.15, -0.1) is 0 Å². The van der Waals surface area contributed by atoms with Crippen molar-refractivity contribution in [1.82, 2.24) is 14.9 Å². The number of hydrogen-bond acceptors (Lipinski definition) is 5. The average Bonchev–Trinajstić information content (AvgIpc) is 2.64. The molecule has 0 aliphatic carbocycles. The number of hydrogen-bond donors (Lipinski definition) is 0. The Morgan fingerprint density at radius 2 is 1.78 bits per heavy atom. The number of alkyl halides is 2. The zero-order valence-corrected chi connectivity index (χ0v) is 14.2. The Morgan fingerprint density at radius 1 is 1.22 bits per heavy atom. The van der Waals surface area contributed by atoms with Gasteiger partial charge in [0.25, 0.3) is 12.4 Å². The molecule has 0 unspecified atom stereocenters. The lowest BCUT2D eigenvalue weighted by molar-refractivity contribution is 0.00578. The van der Waals surface area contributed by atoms with E-state index in [4.69, 9.17) is 9.31 Å². The highest BCUT2D eigenvalue weighted by molar-refractivity contribution is 6.62. The maximum atomic E-state index is 13.4. The van der Waals surface area contributed by atoms with Gasteiger partial charge in [-0.2, -0.15) is 0 Å². The summed E-state index contributed by atoms with van der Waals surface area (Å²) in [6, 6.07) is 0. The summed E-state index contributed by atoms with van der Waals surface area (Å²) in [6.07, 6.45) is -0.0433. The van der Waals surface area contributed by atoms with Crippen molar-refractivity contribution < 1.29 is 18.1 Å². The quantitative estimate of drug-likeness (QED) is 0.481. The van der Waals surface area contributed by atoms with E-state index in [0.29, 0.717) is 0 Å². The van der Waals surface area contributed by atoms with E-state index in [0.717, 1.165) is 0 Å². The van der Waals surface area contributed by atoms with E-state index in [1.807, 2.05) is 27.7 Å². The lowest BCUT2D eigenvalue weighted by atomic mass is 9.79. The van der Waals surface area contributed by atoms with E-state index in [1.54, 1.807) is 19.0 Å². The maximum absolute atomic E-state index is 13.4. The largest absolute Gasteiger partial charge is 0.498 e. The summed E-state index contributed by atoms with van der Waals surface area (Å²) in [5.41, 5.74) is -1.55. The Bertz CT molecular complexity index is 592. The molecule has 0 bridgehead atoms. The Labute approximate surface area is 135 Å². The van der Waals surface area contributed by atoms with E-state index >= 15 is 0 Å². The monoisotopic (exact) mass is 326 g/mol. The predicted octanol–water partition coefficient (Wildman–Crippen LogP) is 1.93. The van der Waals surface area contributed by atoms with Crippen LogP contribution in [0, 0.1) is 0 Å². The molecule has 0 saturated carbocycles. The van der Waals surface area contributed by atoms with Crippen molar-refractivity contribution in [2.24, 2.45) is 4.99 Å². The molecule has 0 radical (unpaired) electrons. The fraction of sp³-hybridized carbons (Fsp3) is 0.643. The van der Waals surface area contributed by atoms with Crippen molar-refractivity contribution in [1.29, 1.82) is 0 Å². The highest BCUT2D eigenvalue weighted by atomic mass is 19.3. The molecular weight excluding hydrogens is 305 g/mol. The molecule has 1 saturated heterocycles. The van der Waals surface area contributed by atoms with Crippen LogP contribution in [0.3, 0.4) is 0 Å². The van der Waals surface area contributed by atoms with Gasteiger partial charge in [-0.05, 0) is 27.7 Å². The number of rotatable bonds is 4. The molecule has 126 valence electrons. The van der Waals surface area contributed by atoms with Crippen LogP contribution in [0.4, 0.5) is 14.7 Å². The zero-order valence-electron chi connectivity index (χ0n) is 14.2. The molecule has 0 N–H and O–H groups in total. The topological polar surface area (TPSA) is 59.8 Å². The van der Waals surface area contributed by atoms with Gasteiger partial charge in [0.1, 0.15) is 5.69 Å². The predicted molar refractivity (Wildman–Crippen MR) is 84.5 cm³/mol. The lowest BCUT2D eigenvalue weighted by Gasteiger charge is -2.32. The molecule has 0 aromatic carbocycles. The maximum Gasteiger partial charge on any atom is 0.498 e. The fourth-order valence-corrected chi connectivity index (χ4v) is 1.95. The highest BCUT2D eigenvalue weighted by Crippen LogP contribution is 2.37. The third kappa shape index (κ3) is 3.66. The van der Waals surface area contributed by atoms with Crippen molar-refractivity contribution in [3.8, 4) is 0 Å². The summed E-state index contributed by atoms with van der Waals surface area (Å²) in [5, 5.41) is 0. The van der Waals surface area contributed by atoms with E-state index in [-0.39, 0.29) is 11.4 Å². The molecule has 2 rings (SSSR count). The Balaban J connectivity index is 2.36. The third-order valence-electron chi connectivity index (χ3n) is 3.95. The van der Waals surface area contributed by atoms with Gasteiger partial charge in [-0.3, -0.25) is 0 Å². The van der Waals surface area contributed by atoms with Crippen molar-refractivity contribution >= 4 is 24.9 Å². The Hall–Kier alpha value is -1.61. The number of nitrogens with zero attached hydrogens (tertiary/aromatic N) is 4. The Kier molecular flexibility index (Phi) is 4.72. The second-order valence-corrected chi connectivity index (χ2v) is 6.61. The first-order valence-electron chi connectivity index (χ1n) is 7.25. The first-order valence-corrected chi connectivity index (χ1v) is 7.25. The van der Waals surface area contributed by atoms with Crippen molar-refractivity contribution in [2.45, 2.75) is 45.3 Å². The number of halogens is 2. The van der Waals surface area contributed by atoms with Crippen LogP contribution in [-0.2, 0) is 9.31 Å². The molecular formula is C14H21BF2N4O2. The van der Waals surface area contributed by atoms with Crippen LogP contribution in [0.25, 0.3) is 0 Å². The molecule has 1 aliphatic rings. The molecule has 6 nitrogen and oxygen atoms in total. The first kappa shape index (κ1) is 17.7. The number of aromatic nitrogens is 2. The molecule has 0 amide bonds. The molecule has 1 aliphatic heterocycles.